The predicted molar refractivity (Wildman–Crippen MR) is 41.4 cm³/mol. The second kappa shape index (κ2) is 7.92. The van der Waals surface area contributed by atoms with Crippen LogP contribution in [0.3, 0.4) is 0 Å². The van der Waals surface area contributed by atoms with E-state index in [-0.39, 0.29) is 5.48 Å². The molecule has 0 aromatic rings. The Hall–Kier alpha value is -2.44. The van der Waals surface area contributed by atoms with E-state index >= 15 is 0 Å². The highest BCUT2D eigenvalue weighted by atomic mass is 17.0. The maximum atomic E-state index is 9.83. The summed E-state index contributed by atoms with van der Waals surface area (Å²) < 4.78 is 0. The lowest BCUT2D eigenvalue weighted by molar-refractivity contribution is -0.803. The zero-order valence-corrected chi connectivity index (χ0v) is 7.51. The van der Waals surface area contributed by atoms with Gasteiger partial charge in [-0.1, -0.05) is 0 Å². The Kier molecular flexibility index (Phi) is 7.92. The molecule has 94 valence electrons. The van der Waals surface area contributed by atoms with Crippen molar-refractivity contribution in [2.45, 2.75) is 6.10 Å². The highest BCUT2D eigenvalue weighted by molar-refractivity contribution is 4.49. The van der Waals surface area contributed by atoms with E-state index in [1.165, 1.54) is 0 Å². The van der Waals surface area contributed by atoms with E-state index in [9.17, 15) is 30.3 Å². The summed E-state index contributed by atoms with van der Waals surface area (Å²) in [5.41, 5.74) is 0. The van der Waals surface area contributed by atoms with Crippen LogP contribution in [0, 0.1) is 30.3 Å². The lowest BCUT2D eigenvalue weighted by Gasteiger charge is -2.11. The fourth-order valence-electron chi connectivity index (χ4n) is 0.519. The average molecular weight is 245 g/mol. The number of nitrogens with zero attached hydrogens (tertiary/aromatic N) is 3. The summed E-state index contributed by atoms with van der Waals surface area (Å²) in [5, 5.41) is 25.5. The largest absolute Gasteiger partial charge is 0.412 e. The van der Waals surface area contributed by atoms with Crippen molar-refractivity contribution in [2.24, 2.45) is 0 Å². The minimum absolute atomic E-state index is 0. The van der Waals surface area contributed by atoms with Crippen molar-refractivity contribution >= 4 is 0 Å². The SMILES string of the molecule is O.O=[N+]([O-])OCC(CO[N+](=O)[O-])O[N+](=O)[O-]. The first-order chi connectivity index (χ1) is 6.91. The van der Waals surface area contributed by atoms with Gasteiger partial charge in [-0.25, -0.2) is 0 Å². The van der Waals surface area contributed by atoms with Gasteiger partial charge in [0.15, 0.2) is 6.10 Å². The van der Waals surface area contributed by atoms with Crippen molar-refractivity contribution in [3.63, 3.8) is 0 Å². The fraction of sp³-hybridized carbons (Fsp3) is 1.00. The van der Waals surface area contributed by atoms with Gasteiger partial charge in [0.1, 0.15) is 13.2 Å². The van der Waals surface area contributed by atoms with Gasteiger partial charge >= 0.3 is 0 Å². The van der Waals surface area contributed by atoms with Gasteiger partial charge in [-0.3, -0.25) is 0 Å². The van der Waals surface area contributed by atoms with E-state index in [2.05, 4.69) is 14.5 Å². The summed E-state index contributed by atoms with van der Waals surface area (Å²) in [5.74, 6) is 0. The summed E-state index contributed by atoms with van der Waals surface area (Å²) >= 11 is 0. The molecule has 13 heteroatoms. The van der Waals surface area contributed by atoms with Gasteiger partial charge in [0.25, 0.3) is 15.3 Å². The zero-order chi connectivity index (χ0) is 11.8. The van der Waals surface area contributed by atoms with Gasteiger partial charge in [0.05, 0.1) is 0 Å². The van der Waals surface area contributed by atoms with Gasteiger partial charge in [-0.05, 0) is 0 Å². The quantitative estimate of drug-likeness (QED) is 0.349. The van der Waals surface area contributed by atoms with Crippen LogP contribution < -0.4 is 0 Å². The molecule has 16 heavy (non-hydrogen) atoms. The van der Waals surface area contributed by atoms with Gasteiger partial charge in [-0.15, -0.1) is 30.3 Å². The molecule has 0 saturated carbocycles. The van der Waals surface area contributed by atoms with E-state index < -0.39 is 34.6 Å². The molecule has 0 aromatic heterocycles. The summed E-state index contributed by atoms with van der Waals surface area (Å²) in [6.45, 7) is -1.69. The van der Waals surface area contributed by atoms with Crippen LogP contribution in [-0.4, -0.2) is 40.1 Å². The van der Waals surface area contributed by atoms with E-state index in [4.69, 9.17) is 0 Å². The van der Waals surface area contributed by atoms with E-state index in [0.717, 1.165) is 0 Å². The van der Waals surface area contributed by atoms with Crippen molar-refractivity contribution in [1.29, 1.82) is 0 Å². The maximum Gasteiger partial charge on any atom is 0.294 e. The Balaban J connectivity index is 0. The van der Waals surface area contributed by atoms with Crippen LogP contribution in [0.2, 0.25) is 0 Å². The van der Waals surface area contributed by atoms with Crippen LogP contribution in [0.1, 0.15) is 0 Å². The van der Waals surface area contributed by atoms with Crippen LogP contribution in [0.5, 0.6) is 0 Å². The second-order valence-electron chi connectivity index (χ2n) is 1.99. The maximum absolute atomic E-state index is 9.83. The number of hydrogen-bond donors (Lipinski definition) is 0. The van der Waals surface area contributed by atoms with Crippen LogP contribution in [-0.2, 0) is 14.5 Å². The molecule has 0 rings (SSSR count). The summed E-state index contributed by atoms with van der Waals surface area (Å²) in [6.07, 6.45) is -1.55. The zero-order valence-electron chi connectivity index (χ0n) is 7.51. The molecule has 2 N–H and O–H groups in total. The molecule has 0 bridgehead atoms. The minimum atomic E-state index is -1.55. The number of hydrogen-bond acceptors (Lipinski definition) is 9. The Morgan fingerprint density at radius 2 is 1.25 bits per heavy atom. The minimum Gasteiger partial charge on any atom is -0.412 e. The van der Waals surface area contributed by atoms with E-state index in [1.807, 2.05) is 0 Å². The third-order valence-corrected chi connectivity index (χ3v) is 0.967. The summed E-state index contributed by atoms with van der Waals surface area (Å²) in [6, 6.07) is 0. The van der Waals surface area contributed by atoms with Gasteiger partial charge in [-0.2, -0.15) is 0 Å². The van der Waals surface area contributed by atoms with Crippen molar-refractivity contribution in [2.75, 3.05) is 13.2 Å². The van der Waals surface area contributed by atoms with Crippen molar-refractivity contribution in [3.05, 3.63) is 30.3 Å². The molecule has 0 aliphatic heterocycles. The predicted octanol–water partition coefficient (Wildman–Crippen LogP) is -1.84. The van der Waals surface area contributed by atoms with Crippen LogP contribution in [0.25, 0.3) is 0 Å². The summed E-state index contributed by atoms with van der Waals surface area (Å²) in [7, 11) is 0. The van der Waals surface area contributed by atoms with Crippen LogP contribution in [0.4, 0.5) is 0 Å². The molecule has 0 unspecified atom stereocenters. The molecule has 0 aromatic carbocycles. The first-order valence-electron chi connectivity index (χ1n) is 3.27. The second-order valence-corrected chi connectivity index (χ2v) is 1.99. The molecule has 0 aliphatic carbocycles. The first-order valence-corrected chi connectivity index (χ1v) is 3.27. The van der Waals surface area contributed by atoms with Gasteiger partial charge < -0.3 is 20.0 Å². The Bertz CT molecular complexity index is 236. The molecular weight excluding hydrogens is 238 g/mol. The normalized spacial score (nSPS) is 8.81. The van der Waals surface area contributed by atoms with E-state index in [1.54, 1.807) is 0 Å². The summed E-state index contributed by atoms with van der Waals surface area (Å²) in [4.78, 5) is 40.5. The smallest absolute Gasteiger partial charge is 0.294 e. The highest BCUT2D eigenvalue weighted by Crippen LogP contribution is 1.96. The third kappa shape index (κ3) is 9.65. The van der Waals surface area contributed by atoms with Crippen molar-refractivity contribution in [1.82, 2.24) is 0 Å². The lowest BCUT2D eigenvalue weighted by Crippen LogP contribution is -2.30. The fourth-order valence-corrected chi connectivity index (χ4v) is 0.519. The van der Waals surface area contributed by atoms with Crippen LogP contribution >= 0.6 is 0 Å². The molecule has 0 atom stereocenters. The standard InChI is InChI=1S/C3H5N3O9.H2O/c7-4(8)13-1-3(15-6(11)12)2-14-5(9)10;/h3H,1-2H2;1H2. The molecule has 0 radical (unpaired) electrons. The van der Waals surface area contributed by atoms with E-state index in [0.29, 0.717) is 0 Å². The topological polar surface area (TPSA) is 189 Å². The molecule has 0 saturated heterocycles. The van der Waals surface area contributed by atoms with Gasteiger partial charge in [0, 0.05) is 0 Å². The Morgan fingerprint density at radius 3 is 1.50 bits per heavy atom. The molecule has 0 heterocycles. The molecule has 0 spiro atoms. The molecule has 13 nitrogen and oxygen atoms in total. The monoisotopic (exact) mass is 245 g/mol. The molecule has 0 aliphatic rings. The molecule has 0 fully saturated rings. The number of rotatable bonds is 8. The van der Waals surface area contributed by atoms with Crippen molar-refractivity contribution in [3.8, 4) is 0 Å². The van der Waals surface area contributed by atoms with Crippen molar-refractivity contribution < 1.29 is 35.2 Å². The molecule has 0 amide bonds. The third-order valence-electron chi connectivity index (χ3n) is 0.967. The first kappa shape index (κ1) is 16.0. The Morgan fingerprint density at radius 1 is 0.875 bits per heavy atom. The highest BCUT2D eigenvalue weighted by Gasteiger charge is 2.17. The van der Waals surface area contributed by atoms with Crippen LogP contribution in [0.15, 0.2) is 0 Å². The van der Waals surface area contributed by atoms with Gasteiger partial charge in [0.2, 0.25) is 0 Å². The molecular formula is C3H7N3O10. The average Bonchev–Trinajstić information content (AvgIpc) is 2.08. The Labute approximate surface area is 86.1 Å². The lowest BCUT2D eigenvalue weighted by atomic mass is 10.4.